The molecule has 0 radical (unpaired) electrons. The zero-order valence-electron chi connectivity index (χ0n) is 6.56. The molecule has 0 fully saturated rings. The Labute approximate surface area is 141 Å². The summed E-state index contributed by atoms with van der Waals surface area (Å²) in [6.45, 7) is 0. The van der Waals surface area contributed by atoms with Gasteiger partial charge in [0.2, 0.25) is 0 Å². The summed E-state index contributed by atoms with van der Waals surface area (Å²) in [6.07, 6.45) is 0. The second kappa shape index (κ2) is 6.98. The van der Waals surface area contributed by atoms with E-state index in [0.29, 0.717) is 0 Å². The summed E-state index contributed by atoms with van der Waals surface area (Å²) in [6, 6.07) is 1.69. The van der Waals surface area contributed by atoms with Crippen LogP contribution in [-0.2, 0) is 0 Å². The van der Waals surface area contributed by atoms with Crippen LogP contribution in [0.15, 0.2) is 12.1 Å². The first kappa shape index (κ1) is 17.0. The standard InChI is InChI=1S/C7H6O5.Bi.K.4H/c8-4-1-3(7(11)12)2-5(9)6(4)10;;;;;;/h1-2,8-10H,(H,11,12);;;;;;. The number of phenols is 3. The molecule has 74 valence electrons. The number of benzene rings is 1. The average Bonchev–Trinajstić information content (AvgIpc) is 1.99. The minimum absolute atomic E-state index is 0. The van der Waals surface area contributed by atoms with Gasteiger partial charge < -0.3 is 20.4 Å². The number of carboxylic acid groups (broad SMARTS) is 1. The zero-order chi connectivity index (χ0) is 9.30. The SMILES string of the molecule is O=C(O)c1cc(O)c(O)c(O)c1.[BiH3].[KH]. The summed E-state index contributed by atoms with van der Waals surface area (Å²) in [5.41, 5.74) is -0.289. The molecule has 1 rings (SSSR count). The Morgan fingerprint density at radius 3 is 1.71 bits per heavy atom. The molecular weight excluding hydrogens is 412 g/mol. The van der Waals surface area contributed by atoms with E-state index in [-0.39, 0.29) is 83.2 Å². The van der Waals surface area contributed by atoms with Gasteiger partial charge >= 0.3 is 83.6 Å². The topological polar surface area (TPSA) is 98.0 Å². The molecule has 1 aromatic carbocycles. The Morgan fingerprint density at radius 2 is 1.43 bits per heavy atom. The third kappa shape index (κ3) is 4.00. The van der Waals surface area contributed by atoms with Gasteiger partial charge in [-0.2, -0.15) is 0 Å². The van der Waals surface area contributed by atoms with Crippen LogP contribution >= 0.6 is 0 Å². The number of carboxylic acids is 1. The summed E-state index contributed by atoms with van der Waals surface area (Å²) in [5, 5.41) is 35.0. The van der Waals surface area contributed by atoms with Gasteiger partial charge in [-0.3, -0.25) is 0 Å². The molecule has 0 unspecified atom stereocenters. The molecule has 0 aliphatic carbocycles. The van der Waals surface area contributed by atoms with Crippen LogP contribution in [-0.4, -0.2) is 104 Å². The van der Waals surface area contributed by atoms with Crippen LogP contribution in [0.2, 0.25) is 0 Å². The normalized spacial score (nSPS) is 8.29. The van der Waals surface area contributed by atoms with E-state index in [1.807, 2.05) is 0 Å². The molecule has 0 aromatic heterocycles. The van der Waals surface area contributed by atoms with Crippen molar-refractivity contribution in [3.8, 4) is 17.2 Å². The predicted molar refractivity (Wildman–Crippen MR) is 55.5 cm³/mol. The van der Waals surface area contributed by atoms with Gasteiger partial charge in [-0.05, 0) is 12.1 Å². The van der Waals surface area contributed by atoms with Gasteiger partial charge in [-0.1, -0.05) is 0 Å². The molecule has 0 aliphatic heterocycles. The maximum absolute atomic E-state index is 10.3. The monoisotopic (exact) mass is 422 g/mol. The van der Waals surface area contributed by atoms with Gasteiger partial charge in [0.1, 0.15) is 0 Å². The number of rotatable bonds is 1. The van der Waals surface area contributed by atoms with Crippen molar-refractivity contribution in [3.63, 3.8) is 0 Å². The number of phenolic OH excluding ortho intramolecular Hbond substituents is 3. The van der Waals surface area contributed by atoms with Gasteiger partial charge in [0.15, 0.2) is 17.2 Å². The number of carbonyl (C=O) groups is 1. The predicted octanol–water partition coefficient (Wildman–Crippen LogP) is -1.33. The van der Waals surface area contributed by atoms with Crippen molar-refractivity contribution < 1.29 is 25.2 Å². The molecule has 0 saturated carbocycles. The second-order valence-corrected chi connectivity index (χ2v) is 2.17. The molecule has 0 aliphatic rings. The van der Waals surface area contributed by atoms with Crippen molar-refractivity contribution >= 4 is 83.6 Å². The van der Waals surface area contributed by atoms with E-state index < -0.39 is 23.2 Å². The van der Waals surface area contributed by atoms with E-state index in [4.69, 9.17) is 20.4 Å². The Kier molecular flexibility index (Phi) is 8.48. The summed E-state index contributed by atoms with van der Waals surface area (Å²) >= 11 is 0. The summed E-state index contributed by atoms with van der Waals surface area (Å²) in [5.74, 6) is -3.33. The van der Waals surface area contributed by atoms with Crippen LogP contribution in [0.3, 0.4) is 0 Å². The van der Waals surface area contributed by atoms with E-state index in [1.54, 1.807) is 0 Å². The average molecular weight is 422 g/mol. The maximum atomic E-state index is 10.3. The Balaban J connectivity index is 0. The van der Waals surface area contributed by atoms with E-state index in [0.717, 1.165) is 12.1 Å². The van der Waals surface area contributed by atoms with Crippen molar-refractivity contribution in [3.05, 3.63) is 17.7 Å². The number of aromatic hydroxyl groups is 3. The fourth-order valence-electron chi connectivity index (χ4n) is 0.728. The molecule has 0 heterocycles. The van der Waals surface area contributed by atoms with Crippen LogP contribution in [0.5, 0.6) is 17.2 Å². The van der Waals surface area contributed by atoms with Gasteiger partial charge in [-0.15, -0.1) is 0 Å². The van der Waals surface area contributed by atoms with Crippen LogP contribution in [0.1, 0.15) is 10.4 Å². The van der Waals surface area contributed by atoms with E-state index in [2.05, 4.69) is 0 Å². The summed E-state index contributed by atoms with van der Waals surface area (Å²) in [4.78, 5) is 10.3. The zero-order valence-corrected chi connectivity index (χ0v) is 12.1. The Bertz CT molecular complexity index is 318. The molecule has 5 nitrogen and oxygen atoms in total. The van der Waals surface area contributed by atoms with Crippen molar-refractivity contribution in [1.29, 1.82) is 0 Å². The Hall–Kier alpha value is 0.609. The first-order valence-electron chi connectivity index (χ1n) is 3.00. The minimum atomic E-state index is -1.29. The van der Waals surface area contributed by atoms with Gasteiger partial charge in [0, 0.05) is 0 Å². The fourth-order valence-corrected chi connectivity index (χ4v) is 0.728. The molecule has 4 N–H and O–H groups in total. The number of hydrogen-bond acceptors (Lipinski definition) is 4. The van der Waals surface area contributed by atoms with Crippen molar-refractivity contribution in [1.82, 2.24) is 0 Å². The van der Waals surface area contributed by atoms with Crippen molar-refractivity contribution in [2.24, 2.45) is 0 Å². The van der Waals surface area contributed by atoms with Gasteiger partial charge in [0.25, 0.3) is 0 Å². The van der Waals surface area contributed by atoms with Crippen LogP contribution in [0.25, 0.3) is 0 Å². The van der Waals surface area contributed by atoms with Crippen molar-refractivity contribution in [2.45, 2.75) is 0 Å². The molecule has 0 bridgehead atoms. The van der Waals surface area contributed by atoms with Crippen LogP contribution in [0.4, 0.5) is 0 Å². The Morgan fingerprint density at radius 1 is 1.07 bits per heavy atom. The molecule has 0 atom stereocenters. The summed E-state index contributed by atoms with van der Waals surface area (Å²) < 4.78 is 0. The fraction of sp³-hybridized carbons (Fsp3) is 0. The molecule has 7 heteroatoms. The quantitative estimate of drug-likeness (QED) is 0.332. The van der Waals surface area contributed by atoms with Gasteiger partial charge in [0.05, 0.1) is 5.56 Å². The molecule has 1 aromatic rings. The van der Waals surface area contributed by atoms with E-state index in [9.17, 15) is 4.79 Å². The number of aromatic carboxylic acids is 1. The van der Waals surface area contributed by atoms with Crippen molar-refractivity contribution in [2.75, 3.05) is 0 Å². The molecule has 14 heavy (non-hydrogen) atoms. The third-order valence-electron chi connectivity index (χ3n) is 1.32. The summed E-state index contributed by atoms with van der Waals surface area (Å²) in [7, 11) is 0. The van der Waals surface area contributed by atoms with Crippen LogP contribution in [0, 0.1) is 0 Å². The van der Waals surface area contributed by atoms with Crippen LogP contribution < -0.4 is 0 Å². The molecule has 0 spiro atoms. The first-order valence-corrected chi connectivity index (χ1v) is 3.00. The second-order valence-electron chi connectivity index (χ2n) is 2.17. The number of hydrogen-bond donors (Lipinski definition) is 4. The molecule has 0 amide bonds. The molecule has 0 saturated heterocycles. The van der Waals surface area contributed by atoms with Gasteiger partial charge in [-0.25, -0.2) is 4.79 Å². The third-order valence-corrected chi connectivity index (χ3v) is 1.32. The van der Waals surface area contributed by atoms with E-state index in [1.165, 1.54) is 0 Å². The van der Waals surface area contributed by atoms with E-state index >= 15 is 0 Å². The molecular formula is C7H10BiKO5. The first-order chi connectivity index (χ1) is 5.52.